The first-order valence-electron chi connectivity index (χ1n) is 8.36. The van der Waals surface area contributed by atoms with Crippen molar-refractivity contribution in [2.45, 2.75) is 38.3 Å². The Kier molecular flexibility index (Phi) is 3.95. The smallest absolute Gasteiger partial charge is 0.167 e. The monoisotopic (exact) mass is 315 g/mol. The van der Waals surface area contributed by atoms with Crippen LogP contribution >= 0.6 is 0 Å². The molecular weight excluding hydrogens is 294 g/mol. The van der Waals surface area contributed by atoms with Crippen molar-refractivity contribution in [2.75, 3.05) is 24.6 Å². The lowest BCUT2D eigenvalue weighted by Gasteiger charge is -2.30. The van der Waals surface area contributed by atoms with Crippen molar-refractivity contribution in [1.29, 1.82) is 0 Å². The number of aromatic nitrogens is 4. The molecular formula is C16H21N5O2. The number of hydrogen-bond acceptors (Lipinski definition) is 6. The minimum atomic E-state index is 0.0253. The number of hydrogen-bond donors (Lipinski definition) is 0. The Morgan fingerprint density at radius 3 is 2.74 bits per heavy atom. The fourth-order valence-corrected chi connectivity index (χ4v) is 3.47. The summed E-state index contributed by atoms with van der Waals surface area (Å²) in [6, 6.07) is 0. The van der Waals surface area contributed by atoms with Crippen LogP contribution in [-0.2, 0) is 9.53 Å². The summed E-state index contributed by atoms with van der Waals surface area (Å²) in [5.74, 6) is 1.05. The van der Waals surface area contributed by atoms with Crippen LogP contribution in [-0.4, -0.2) is 45.5 Å². The highest BCUT2D eigenvalue weighted by molar-refractivity contribution is 5.83. The van der Waals surface area contributed by atoms with Crippen molar-refractivity contribution in [3.8, 4) is 0 Å². The van der Waals surface area contributed by atoms with Gasteiger partial charge in [-0.15, -0.1) is 0 Å². The molecule has 1 unspecified atom stereocenters. The molecule has 23 heavy (non-hydrogen) atoms. The highest BCUT2D eigenvalue weighted by atomic mass is 16.5. The number of carbonyl (C=O) groups is 1. The van der Waals surface area contributed by atoms with E-state index < -0.39 is 0 Å². The maximum Gasteiger partial charge on any atom is 0.167 e. The molecule has 7 heteroatoms. The molecule has 4 heterocycles. The molecule has 4 rings (SSSR count). The normalized spacial score (nSPS) is 23.3. The molecule has 0 aliphatic carbocycles. The van der Waals surface area contributed by atoms with Gasteiger partial charge < -0.3 is 14.4 Å². The number of rotatable bonds is 3. The molecule has 122 valence electrons. The zero-order valence-corrected chi connectivity index (χ0v) is 13.1. The third-order valence-electron chi connectivity index (χ3n) is 4.84. The summed E-state index contributed by atoms with van der Waals surface area (Å²) >= 11 is 0. The van der Waals surface area contributed by atoms with Gasteiger partial charge in [0.1, 0.15) is 18.8 Å². The number of nitrogens with zero attached hydrogens (tertiary/aromatic N) is 5. The summed E-state index contributed by atoms with van der Waals surface area (Å²) in [5, 5.41) is 0. The average molecular weight is 315 g/mol. The van der Waals surface area contributed by atoms with Gasteiger partial charge in [0.2, 0.25) is 0 Å². The van der Waals surface area contributed by atoms with Crippen molar-refractivity contribution in [3.63, 3.8) is 0 Å². The Morgan fingerprint density at radius 2 is 2.00 bits per heavy atom. The summed E-state index contributed by atoms with van der Waals surface area (Å²) in [6.07, 6.45) is 9.55. The third kappa shape index (κ3) is 2.69. The van der Waals surface area contributed by atoms with Crippen LogP contribution in [0.25, 0.3) is 11.2 Å². The van der Waals surface area contributed by atoms with Crippen LogP contribution in [0.2, 0.25) is 0 Å². The Balaban J connectivity index is 1.64. The predicted molar refractivity (Wildman–Crippen MR) is 85.2 cm³/mol. The van der Waals surface area contributed by atoms with Crippen molar-refractivity contribution in [1.82, 2.24) is 19.5 Å². The van der Waals surface area contributed by atoms with Crippen LogP contribution in [0.15, 0.2) is 12.7 Å². The van der Waals surface area contributed by atoms with Gasteiger partial charge in [0, 0.05) is 25.6 Å². The molecule has 2 aromatic rings. The molecule has 0 spiro atoms. The minimum absolute atomic E-state index is 0.0253. The van der Waals surface area contributed by atoms with Crippen LogP contribution in [0.1, 0.15) is 38.3 Å². The zero-order valence-electron chi connectivity index (χ0n) is 13.1. The molecule has 0 radical (unpaired) electrons. The molecule has 7 nitrogen and oxygen atoms in total. The van der Waals surface area contributed by atoms with E-state index in [4.69, 9.17) is 4.74 Å². The number of ether oxygens (including phenoxy) is 1. The number of carbonyl (C=O) groups excluding carboxylic acids is 1. The molecule has 2 fully saturated rings. The first-order valence-corrected chi connectivity index (χ1v) is 8.36. The van der Waals surface area contributed by atoms with E-state index in [1.807, 2.05) is 10.9 Å². The van der Waals surface area contributed by atoms with Gasteiger partial charge in [-0.05, 0) is 32.1 Å². The molecule has 2 aliphatic rings. The zero-order chi connectivity index (χ0) is 15.6. The standard InChI is InChI=1S/C16H21N5O2/c22-9-12-4-6-20(7-5-12)15-14-16(18-10-17-15)21(11-19-14)13-3-1-2-8-23-13/h9-13H,1-8H2. The van der Waals surface area contributed by atoms with E-state index in [1.165, 1.54) is 6.42 Å². The summed E-state index contributed by atoms with van der Waals surface area (Å²) < 4.78 is 7.88. The Hall–Kier alpha value is -2.02. The van der Waals surface area contributed by atoms with Gasteiger partial charge in [0.15, 0.2) is 17.0 Å². The highest BCUT2D eigenvalue weighted by Gasteiger charge is 2.24. The molecule has 0 saturated carbocycles. The van der Waals surface area contributed by atoms with Crippen LogP contribution in [0.3, 0.4) is 0 Å². The first kappa shape index (κ1) is 14.6. The Morgan fingerprint density at radius 1 is 1.13 bits per heavy atom. The lowest BCUT2D eigenvalue weighted by atomic mass is 9.99. The number of aldehydes is 1. The van der Waals surface area contributed by atoms with Crippen LogP contribution in [0.4, 0.5) is 5.82 Å². The average Bonchev–Trinajstić information content (AvgIpc) is 3.07. The van der Waals surface area contributed by atoms with E-state index in [-0.39, 0.29) is 12.1 Å². The van der Waals surface area contributed by atoms with Gasteiger partial charge in [0.05, 0.1) is 6.33 Å². The van der Waals surface area contributed by atoms with E-state index in [0.717, 1.165) is 68.6 Å². The quantitative estimate of drug-likeness (QED) is 0.806. The first-order chi connectivity index (χ1) is 11.4. The van der Waals surface area contributed by atoms with E-state index >= 15 is 0 Å². The van der Waals surface area contributed by atoms with E-state index in [1.54, 1.807) is 6.33 Å². The fourth-order valence-electron chi connectivity index (χ4n) is 3.47. The number of anilines is 1. The maximum absolute atomic E-state index is 10.9. The van der Waals surface area contributed by atoms with Gasteiger partial charge >= 0.3 is 0 Å². The second-order valence-corrected chi connectivity index (χ2v) is 6.30. The third-order valence-corrected chi connectivity index (χ3v) is 4.84. The molecule has 2 saturated heterocycles. The second kappa shape index (κ2) is 6.23. The highest BCUT2D eigenvalue weighted by Crippen LogP contribution is 2.30. The fraction of sp³-hybridized carbons (Fsp3) is 0.625. The molecule has 0 N–H and O–H groups in total. The van der Waals surface area contributed by atoms with Gasteiger partial charge in [-0.2, -0.15) is 0 Å². The van der Waals surface area contributed by atoms with Crippen LogP contribution < -0.4 is 4.90 Å². The van der Waals surface area contributed by atoms with E-state index in [2.05, 4.69) is 19.9 Å². The largest absolute Gasteiger partial charge is 0.358 e. The Labute approximate surface area is 134 Å². The minimum Gasteiger partial charge on any atom is -0.358 e. The lowest BCUT2D eigenvalue weighted by molar-refractivity contribution is -0.111. The molecule has 0 amide bonds. The summed E-state index contributed by atoms with van der Waals surface area (Å²) in [5.41, 5.74) is 1.66. The van der Waals surface area contributed by atoms with E-state index in [0.29, 0.717) is 0 Å². The lowest BCUT2D eigenvalue weighted by Crippen LogP contribution is -2.34. The molecule has 2 aromatic heterocycles. The van der Waals surface area contributed by atoms with Gasteiger partial charge in [-0.3, -0.25) is 4.57 Å². The molecule has 2 aliphatic heterocycles. The van der Waals surface area contributed by atoms with Crippen molar-refractivity contribution >= 4 is 23.3 Å². The van der Waals surface area contributed by atoms with Gasteiger partial charge in [0.25, 0.3) is 0 Å². The van der Waals surface area contributed by atoms with Crippen LogP contribution in [0.5, 0.6) is 0 Å². The predicted octanol–water partition coefficient (Wildman–Crippen LogP) is 1.94. The van der Waals surface area contributed by atoms with E-state index in [9.17, 15) is 4.79 Å². The summed E-state index contributed by atoms with van der Waals surface area (Å²) in [6.45, 7) is 2.46. The van der Waals surface area contributed by atoms with Crippen molar-refractivity contribution in [3.05, 3.63) is 12.7 Å². The maximum atomic E-state index is 10.9. The van der Waals surface area contributed by atoms with Gasteiger partial charge in [-0.25, -0.2) is 15.0 Å². The van der Waals surface area contributed by atoms with Gasteiger partial charge in [-0.1, -0.05) is 0 Å². The number of piperidine rings is 1. The van der Waals surface area contributed by atoms with Crippen LogP contribution in [0, 0.1) is 5.92 Å². The Bertz CT molecular complexity index is 687. The van der Waals surface area contributed by atoms with Crippen molar-refractivity contribution in [2.24, 2.45) is 5.92 Å². The molecule has 0 bridgehead atoms. The second-order valence-electron chi connectivity index (χ2n) is 6.30. The number of fused-ring (bicyclic) bond motifs is 1. The molecule has 1 atom stereocenters. The topological polar surface area (TPSA) is 73.1 Å². The summed E-state index contributed by atoms with van der Waals surface area (Å²) in [4.78, 5) is 26.6. The van der Waals surface area contributed by atoms with Crippen molar-refractivity contribution < 1.29 is 9.53 Å². The SMILES string of the molecule is O=CC1CCN(c2ncnc3c2ncn3C2CCCCO2)CC1. The number of imidazole rings is 1. The molecule has 0 aromatic carbocycles. The summed E-state index contributed by atoms with van der Waals surface area (Å²) in [7, 11) is 0.